The van der Waals surface area contributed by atoms with E-state index in [1.54, 1.807) is 7.05 Å². The van der Waals surface area contributed by atoms with Crippen molar-refractivity contribution in [3.63, 3.8) is 0 Å². The fraction of sp³-hybridized carbons (Fsp3) is 0.529. The van der Waals surface area contributed by atoms with Crippen LogP contribution < -0.4 is 5.32 Å². The van der Waals surface area contributed by atoms with Crippen LogP contribution in [0.1, 0.15) is 18.4 Å². The summed E-state index contributed by atoms with van der Waals surface area (Å²) in [5.41, 5.74) is 0.971. The van der Waals surface area contributed by atoms with Crippen LogP contribution in [0.25, 0.3) is 0 Å². The van der Waals surface area contributed by atoms with Gasteiger partial charge in [-0.1, -0.05) is 30.3 Å². The van der Waals surface area contributed by atoms with Crippen LogP contribution in [0.5, 0.6) is 0 Å². The minimum absolute atomic E-state index is 0.0951. The van der Waals surface area contributed by atoms with Crippen molar-refractivity contribution in [2.24, 2.45) is 0 Å². The van der Waals surface area contributed by atoms with Crippen LogP contribution in [-0.2, 0) is 30.8 Å². The van der Waals surface area contributed by atoms with Crippen LogP contribution in [-0.4, -0.2) is 62.9 Å². The zero-order valence-corrected chi connectivity index (χ0v) is 15.1. The largest absolute Gasteiger partial charge is 0.367 e. The molecule has 7 nitrogen and oxygen atoms in total. The van der Waals surface area contributed by atoms with E-state index in [2.05, 4.69) is 5.32 Å². The van der Waals surface area contributed by atoms with E-state index in [1.807, 2.05) is 30.3 Å². The molecule has 138 valence electrons. The predicted octanol–water partition coefficient (Wildman–Crippen LogP) is 0.355. The molecule has 1 fully saturated rings. The minimum atomic E-state index is -2.96. The molecule has 1 heterocycles. The van der Waals surface area contributed by atoms with E-state index in [9.17, 15) is 18.0 Å². The predicted molar refractivity (Wildman–Crippen MR) is 93.6 cm³/mol. The number of hydrogen-bond acceptors (Lipinski definition) is 5. The average Bonchev–Trinajstić information content (AvgIpc) is 2.60. The number of likely N-dealkylation sites (N-methyl/N-ethyl adjacent to an activating group) is 1. The van der Waals surface area contributed by atoms with Gasteiger partial charge in [-0.25, -0.2) is 8.42 Å². The van der Waals surface area contributed by atoms with E-state index in [1.165, 1.54) is 4.90 Å². The van der Waals surface area contributed by atoms with Gasteiger partial charge >= 0.3 is 0 Å². The van der Waals surface area contributed by atoms with Gasteiger partial charge in [-0.2, -0.15) is 0 Å². The highest BCUT2D eigenvalue weighted by Gasteiger charge is 2.28. The number of sulfone groups is 1. The van der Waals surface area contributed by atoms with Gasteiger partial charge in [-0.15, -0.1) is 0 Å². The van der Waals surface area contributed by atoms with Gasteiger partial charge in [0.15, 0.2) is 0 Å². The first-order chi connectivity index (χ1) is 11.9. The molecule has 0 spiro atoms. The number of nitrogens with one attached hydrogen (secondary N) is 1. The first-order valence-corrected chi connectivity index (χ1v) is 10.0. The van der Waals surface area contributed by atoms with Gasteiger partial charge < -0.3 is 15.0 Å². The molecule has 1 aliphatic heterocycles. The summed E-state index contributed by atoms with van der Waals surface area (Å²) >= 11 is 0. The molecule has 1 N–H and O–H groups in total. The lowest BCUT2D eigenvalue weighted by Crippen LogP contribution is -2.46. The topological polar surface area (TPSA) is 92.8 Å². The molecule has 0 unspecified atom stereocenters. The molecule has 8 heteroatoms. The summed E-state index contributed by atoms with van der Waals surface area (Å²) in [6.07, 6.45) is 0.886. The number of amides is 2. The summed E-state index contributed by atoms with van der Waals surface area (Å²) in [5.74, 6) is -0.381. The molecule has 0 radical (unpaired) electrons. The number of carbonyl (C=O) groups excluding carboxylic acids is 2. The highest BCUT2D eigenvalue weighted by molar-refractivity contribution is 7.91. The summed E-state index contributed by atoms with van der Waals surface area (Å²) in [7, 11) is -1.32. The number of nitrogens with zero attached hydrogens (tertiary/aromatic N) is 1. The van der Waals surface area contributed by atoms with E-state index in [4.69, 9.17) is 4.74 Å². The monoisotopic (exact) mass is 368 g/mol. The van der Waals surface area contributed by atoms with Crippen LogP contribution in [0.15, 0.2) is 30.3 Å². The molecule has 1 aromatic rings. The molecule has 0 bridgehead atoms. The van der Waals surface area contributed by atoms with Crippen molar-refractivity contribution < 1.29 is 22.7 Å². The number of ether oxygens (including phenoxy) is 1. The van der Waals surface area contributed by atoms with E-state index < -0.39 is 9.84 Å². The lowest BCUT2D eigenvalue weighted by molar-refractivity contribution is -0.134. The van der Waals surface area contributed by atoms with Crippen molar-refractivity contribution in [2.75, 3.05) is 31.7 Å². The average molecular weight is 368 g/mol. The second-order valence-corrected chi connectivity index (χ2v) is 8.45. The summed E-state index contributed by atoms with van der Waals surface area (Å²) < 4.78 is 28.2. The van der Waals surface area contributed by atoms with Crippen LogP contribution in [0.2, 0.25) is 0 Å². The summed E-state index contributed by atoms with van der Waals surface area (Å²) in [6.45, 7) is 0.0967. The van der Waals surface area contributed by atoms with Crippen molar-refractivity contribution in [3.05, 3.63) is 35.9 Å². The van der Waals surface area contributed by atoms with Gasteiger partial charge in [-0.3, -0.25) is 9.59 Å². The standard InChI is InChI=1S/C17H24N2O5S/c1-19(15-7-9-25(22,23)10-8-15)17(21)11-18-16(20)13-24-12-14-5-3-2-4-6-14/h2-6,15H,7-13H2,1H3,(H,18,20). The smallest absolute Gasteiger partial charge is 0.246 e. The Morgan fingerprint density at radius 2 is 1.84 bits per heavy atom. The molecule has 0 aromatic heterocycles. The second-order valence-electron chi connectivity index (χ2n) is 6.14. The highest BCUT2D eigenvalue weighted by Crippen LogP contribution is 2.16. The van der Waals surface area contributed by atoms with E-state index >= 15 is 0 Å². The zero-order chi connectivity index (χ0) is 18.3. The maximum Gasteiger partial charge on any atom is 0.246 e. The Bertz CT molecular complexity index is 676. The van der Waals surface area contributed by atoms with Gasteiger partial charge in [0.05, 0.1) is 24.7 Å². The molecular weight excluding hydrogens is 344 g/mol. The van der Waals surface area contributed by atoms with E-state index in [-0.39, 0.29) is 42.5 Å². The lowest BCUT2D eigenvalue weighted by atomic mass is 10.1. The third-order valence-electron chi connectivity index (χ3n) is 4.25. The number of rotatable bonds is 7. The summed E-state index contributed by atoms with van der Waals surface area (Å²) in [4.78, 5) is 25.4. The van der Waals surface area contributed by atoms with E-state index in [0.29, 0.717) is 19.4 Å². The van der Waals surface area contributed by atoms with Crippen molar-refractivity contribution in [2.45, 2.75) is 25.5 Å². The second kappa shape index (κ2) is 8.96. The molecule has 25 heavy (non-hydrogen) atoms. The zero-order valence-electron chi connectivity index (χ0n) is 14.3. The molecule has 1 saturated heterocycles. The Morgan fingerprint density at radius 1 is 1.20 bits per heavy atom. The quantitative estimate of drug-likeness (QED) is 0.750. The Morgan fingerprint density at radius 3 is 2.48 bits per heavy atom. The number of carbonyl (C=O) groups is 2. The van der Waals surface area contributed by atoms with Crippen molar-refractivity contribution in [1.82, 2.24) is 10.2 Å². The SMILES string of the molecule is CN(C(=O)CNC(=O)COCc1ccccc1)C1CCS(=O)(=O)CC1. The molecule has 1 aromatic carbocycles. The third-order valence-corrected chi connectivity index (χ3v) is 5.96. The van der Waals surface area contributed by atoms with Crippen molar-refractivity contribution >= 4 is 21.7 Å². The first-order valence-electron chi connectivity index (χ1n) is 8.22. The highest BCUT2D eigenvalue weighted by atomic mass is 32.2. The summed E-state index contributed by atoms with van der Waals surface area (Å²) in [6, 6.07) is 9.40. The van der Waals surface area contributed by atoms with Crippen LogP contribution >= 0.6 is 0 Å². The maximum atomic E-state index is 12.1. The van der Waals surface area contributed by atoms with Crippen molar-refractivity contribution in [3.8, 4) is 0 Å². The Hall–Kier alpha value is -1.93. The molecule has 2 amide bonds. The molecule has 0 atom stereocenters. The Labute approximate surface area is 148 Å². The van der Waals surface area contributed by atoms with Gasteiger partial charge in [0, 0.05) is 13.1 Å². The maximum absolute atomic E-state index is 12.1. The molecular formula is C17H24N2O5S. The molecule has 2 rings (SSSR count). The molecule has 0 saturated carbocycles. The van der Waals surface area contributed by atoms with Gasteiger partial charge in [0.2, 0.25) is 11.8 Å². The van der Waals surface area contributed by atoms with Crippen molar-refractivity contribution in [1.29, 1.82) is 0 Å². The van der Waals surface area contributed by atoms with Gasteiger partial charge in [0.25, 0.3) is 0 Å². The van der Waals surface area contributed by atoms with Crippen LogP contribution in [0.4, 0.5) is 0 Å². The normalized spacial score (nSPS) is 17.0. The fourth-order valence-electron chi connectivity index (χ4n) is 2.65. The van der Waals surface area contributed by atoms with Crippen LogP contribution in [0.3, 0.4) is 0 Å². The summed E-state index contributed by atoms with van der Waals surface area (Å²) in [5, 5.41) is 2.53. The van der Waals surface area contributed by atoms with Gasteiger partial charge in [0.1, 0.15) is 16.4 Å². The van der Waals surface area contributed by atoms with Crippen LogP contribution in [0, 0.1) is 0 Å². The van der Waals surface area contributed by atoms with E-state index in [0.717, 1.165) is 5.56 Å². The Kier molecular flexibility index (Phi) is 6.95. The first kappa shape index (κ1) is 19.4. The van der Waals surface area contributed by atoms with Gasteiger partial charge in [-0.05, 0) is 18.4 Å². The number of benzene rings is 1. The minimum Gasteiger partial charge on any atom is -0.367 e. The Balaban J connectivity index is 1.66. The third kappa shape index (κ3) is 6.47. The molecule has 0 aliphatic carbocycles. The molecule has 1 aliphatic rings. The fourth-order valence-corrected chi connectivity index (χ4v) is 4.12. The number of hydrogen-bond donors (Lipinski definition) is 1. The lowest BCUT2D eigenvalue weighted by Gasteiger charge is -2.31.